The molecule has 1 unspecified atom stereocenters. The molecular formula is C26H24ClN3O2. The molecule has 0 aliphatic carbocycles. The first-order chi connectivity index (χ1) is 15.4. The van der Waals surface area contributed by atoms with Crippen molar-refractivity contribution >= 4 is 46.2 Å². The van der Waals surface area contributed by atoms with Gasteiger partial charge in [0.25, 0.3) is 0 Å². The molecule has 3 aromatic rings. The van der Waals surface area contributed by atoms with Crippen LogP contribution in [-0.2, 0) is 16.0 Å². The number of nitrogens with one attached hydrogen (secondary N) is 1. The van der Waals surface area contributed by atoms with Crippen molar-refractivity contribution in [1.82, 2.24) is 0 Å². The minimum atomic E-state index is -0.452. The Hall–Kier alpha value is -3.44. The summed E-state index contributed by atoms with van der Waals surface area (Å²) in [5, 5.41) is 3.43. The minimum absolute atomic E-state index is 0.116. The van der Waals surface area contributed by atoms with E-state index in [0.717, 1.165) is 16.8 Å². The Morgan fingerprint density at radius 2 is 1.75 bits per heavy atom. The van der Waals surface area contributed by atoms with Gasteiger partial charge in [0, 0.05) is 16.4 Å². The number of carbonyl (C=O) groups excluding carboxylic acids is 2. The van der Waals surface area contributed by atoms with E-state index in [1.807, 2.05) is 74.5 Å². The molecule has 1 N–H and O–H groups in total. The van der Waals surface area contributed by atoms with Gasteiger partial charge in [0.2, 0.25) is 11.8 Å². The lowest BCUT2D eigenvalue weighted by Gasteiger charge is -2.25. The molecule has 4 rings (SSSR count). The Bertz CT molecular complexity index is 1190. The normalized spacial score (nSPS) is 15.6. The van der Waals surface area contributed by atoms with Gasteiger partial charge < -0.3 is 10.2 Å². The van der Waals surface area contributed by atoms with E-state index in [1.54, 1.807) is 12.1 Å². The molecule has 0 spiro atoms. The van der Waals surface area contributed by atoms with Crippen LogP contribution in [0.25, 0.3) is 0 Å². The summed E-state index contributed by atoms with van der Waals surface area (Å²) in [6.45, 7) is 3.66. The number of nitrogens with zero attached hydrogens (tertiary/aromatic N) is 2. The number of carbonyl (C=O) groups is 2. The summed E-state index contributed by atoms with van der Waals surface area (Å²) < 4.78 is 0. The fraction of sp³-hybridized carbons (Fsp3) is 0.192. The molecule has 1 aliphatic rings. The molecule has 2 amide bonds. The Morgan fingerprint density at radius 1 is 1.03 bits per heavy atom. The van der Waals surface area contributed by atoms with Gasteiger partial charge in [-0.2, -0.15) is 0 Å². The summed E-state index contributed by atoms with van der Waals surface area (Å²) in [4.78, 5) is 32.8. The molecule has 162 valence electrons. The molecule has 6 heteroatoms. The first-order valence-electron chi connectivity index (χ1n) is 10.5. The van der Waals surface area contributed by atoms with Crippen LogP contribution in [0, 0.1) is 12.8 Å². The third-order valence-corrected chi connectivity index (χ3v) is 5.98. The molecule has 0 radical (unpaired) electrons. The lowest BCUT2D eigenvalue weighted by molar-refractivity contribution is -0.123. The van der Waals surface area contributed by atoms with Gasteiger partial charge >= 0.3 is 0 Å². The van der Waals surface area contributed by atoms with Gasteiger partial charge in [-0.25, -0.2) is 0 Å². The van der Waals surface area contributed by atoms with E-state index >= 15 is 0 Å². The zero-order valence-corrected chi connectivity index (χ0v) is 18.8. The van der Waals surface area contributed by atoms with Crippen molar-refractivity contribution in [3.05, 3.63) is 88.9 Å². The van der Waals surface area contributed by atoms with Crippen molar-refractivity contribution in [2.45, 2.75) is 20.3 Å². The van der Waals surface area contributed by atoms with Crippen molar-refractivity contribution in [3.63, 3.8) is 0 Å². The van der Waals surface area contributed by atoms with E-state index in [2.05, 4.69) is 5.32 Å². The van der Waals surface area contributed by atoms with Crippen molar-refractivity contribution in [2.24, 2.45) is 10.9 Å². The molecule has 1 aliphatic heterocycles. The highest BCUT2D eigenvalue weighted by atomic mass is 35.5. The van der Waals surface area contributed by atoms with Crippen LogP contribution in [0.1, 0.15) is 18.1 Å². The second-order valence-electron chi connectivity index (χ2n) is 7.92. The maximum atomic E-state index is 13.7. The molecule has 5 nitrogen and oxygen atoms in total. The van der Waals surface area contributed by atoms with Crippen LogP contribution in [0.5, 0.6) is 0 Å². The number of aliphatic imine (C=N–C) groups is 1. The van der Waals surface area contributed by atoms with Gasteiger partial charge in [-0.1, -0.05) is 60.1 Å². The van der Waals surface area contributed by atoms with Gasteiger partial charge in [-0.3, -0.25) is 14.6 Å². The molecule has 3 aromatic carbocycles. The maximum absolute atomic E-state index is 13.7. The van der Waals surface area contributed by atoms with E-state index in [4.69, 9.17) is 16.6 Å². The number of hydrogen-bond donors (Lipinski definition) is 1. The minimum Gasteiger partial charge on any atom is -0.324 e. The Balaban J connectivity index is 1.62. The SMILES string of the molecule is CC1=Nc2ccccc2N(CC(=O)Nc2ccc(C)c(Cl)c2)C(=O)C1Cc1ccccc1. The molecule has 0 fully saturated rings. The van der Waals surface area contributed by atoms with E-state index in [0.29, 0.717) is 28.5 Å². The summed E-state index contributed by atoms with van der Waals surface area (Å²) in [5.41, 5.74) is 4.61. The van der Waals surface area contributed by atoms with Gasteiger partial charge in [0.15, 0.2) is 0 Å². The lowest BCUT2D eigenvalue weighted by atomic mass is 9.94. The number of hydrogen-bond acceptors (Lipinski definition) is 3. The summed E-state index contributed by atoms with van der Waals surface area (Å²) in [5.74, 6) is -0.894. The van der Waals surface area contributed by atoms with Crippen molar-refractivity contribution in [1.29, 1.82) is 0 Å². The lowest BCUT2D eigenvalue weighted by Crippen LogP contribution is -2.43. The van der Waals surface area contributed by atoms with E-state index < -0.39 is 5.92 Å². The fourth-order valence-corrected chi connectivity index (χ4v) is 3.98. The molecule has 0 bridgehead atoms. The fourth-order valence-electron chi connectivity index (χ4n) is 3.80. The topological polar surface area (TPSA) is 61.8 Å². The number of amides is 2. The number of fused-ring (bicyclic) bond motifs is 1. The molecule has 32 heavy (non-hydrogen) atoms. The third kappa shape index (κ3) is 4.73. The summed E-state index contributed by atoms with van der Waals surface area (Å²) in [7, 11) is 0. The Morgan fingerprint density at radius 3 is 2.50 bits per heavy atom. The van der Waals surface area contributed by atoms with E-state index in [1.165, 1.54) is 4.90 Å². The second kappa shape index (κ2) is 9.37. The van der Waals surface area contributed by atoms with Crippen LogP contribution in [0.3, 0.4) is 0 Å². The Kier molecular flexibility index (Phi) is 6.37. The molecule has 0 saturated carbocycles. The average molecular weight is 446 g/mol. The van der Waals surface area contributed by atoms with Gasteiger partial charge in [-0.05, 0) is 55.7 Å². The van der Waals surface area contributed by atoms with Crippen molar-refractivity contribution in [3.8, 4) is 0 Å². The molecular weight excluding hydrogens is 422 g/mol. The highest BCUT2D eigenvalue weighted by Crippen LogP contribution is 2.34. The number of anilines is 2. The standard InChI is InChI=1S/C26H24ClN3O2/c1-17-12-13-20(15-22(17)27)29-25(31)16-30-24-11-7-6-10-23(24)28-18(2)21(26(30)32)14-19-8-4-3-5-9-19/h3-13,15,21H,14,16H2,1-2H3,(H,29,31). The molecule has 1 atom stereocenters. The largest absolute Gasteiger partial charge is 0.324 e. The first kappa shape index (κ1) is 21.8. The molecule has 1 heterocycles. The zero-order valence-electron chi connectivity index (χ0n) is 18.0. The predicted molar refractivity (Wildman–Crippen MR) is 130 cm³/mol. The summed E-state index contributed by atoms with van der Waals surface area (Å²) in [6.07, 6.45) is 0.523. The first-order valence-corrected chi connectivity index (χ1v) is 10.9. The van der Waals surface area contributed by atoms with Crippen LogP contribution in [0.2, 0.25) is 5.02 Å². The summed E-state index contributed by atoms with van der Waals surface area (Å²) >= 11 is 6.18. The number of benzene rings is 3. The number of rotatable bonds is 5. The maximum Gasteiger partial charge on any atom is 0.244 e. The number of halogens is 1. The van der Waals surface area contributed by atoms with Crippen LogP contribution in [0.15, 0.2) is 77.8 Å². The predicted octanol–water partition coefficient (Wildman–Crippen LogP) is 5.59. The van der Waals surface area contributed by atoms with Crippen molar-refractivity contribution < 1.29 is 9.59 Å². The monoisotopic (exact) mass is 445 g/mol. The summed E-state index contributed by atoms with van der Waals surface area (Å²) in [6, 6.07) is 22.6. The average Bonchev–Trinajstić information content (AvgIpc) is 2.87. The highest BCUT2D eigenvalue weighted by molar-refractivity contribution is 6.31. The van der Waals surface area contributed by atoms with Crippen LogP contribution in [-0.4, -0.2) is 24.1 Å². The zero-order chi connectivity index (χ0) is 22.7. The highest BCUT2D eigenvalue weighted by Gasteiger charge is 2.33. The smallest absolute Gasteiger partial charge is 0.244 e. The molecule has 0 aromatic heterocycles. The number of aryl methyl sites for hydroxylation is 1. The third-order valence-electron chi connectivity index (χ3n) is 5.58. The van der Waals surface area contributed by atoms with Crippen LogP contribution < -0.4 is 10.2 Å². The second-order valence-corrected chi connectivity index (χ2v) is 8.33. The van der Waals surface area contributed by atoms with E-state index in [9.17, 15) is 9.59 Å². The van der Waals surface area contributed by atoms with Gasteiger partial charge in [-0.15, -0.1) is 0 Å². The van der Waals surface area contributed by atoms with E-state index in [-0.39, 0.29) is 18.4 Å². The number of para-hydroxylation sites is 2. The van der Waals surface area contributed by atoms with Gasteiger partial charge in [0.05, 0.1) is 17.3 Å². The molecule has 0 saturated heterocycles. The van der Waals surface area contributed by atoms with Crippen LogP contribution >= 0.6 is 11.6 Å². The van der Waals surface area contributed by atoms with Gasteiger partial charge in [0.1, 0.15) is 6.54 Å². The van der Waals surface area contributed by atoms with Crippen molar-refractivity contribution in [2.75, 3.05) is 16.8 Å². The quantitative estimate of drug-likeness (QED) is 0.556. The van der Waals surface area contributed by atoms with Crippen LogP contribution in [0.4, 0.5) is 17.1 Å². The Labute approximate surface area is 192 Å².